The Bertz CT molecular complexity index is 538. The van der Waals surface area contributed by atoms with Crippen LogP contribution >= 0.6 is 0 Å². The summed E-state index contributed by atoms with van der Waals surface area (Å²) >= 11 is 0. The highest BCUT2D eigenvalue weighted by molar-refractivity contribution is 5.61. The molecular weight excluding hydrogens is 258 g/mol. The van der Waals surface area contributed by atoms with E-state index in [0.29, 0.717) is 12.0 Å². The van der Waals surface area contributed by atoms with Gasteiger partial charge in [0, 0.05) is 30.9 Å². The van der Waals surface area contributed by atoms with Crippen LogP contribution in [0.1, 0.15) is 39.7 Å². The molecule has 1 aromatic heterocycles. The molecule has 0 bridgehead atoms. The van der Waals surface area contributed by atoms with E-state index in [0.717, 1.165) is 13.1 Å². The van der Waals surface area contributed by atoms with Crippen molar-refractivity contribution in [1.29, 1.82) is 0 Å². The summed E-state index contributed by atoms with van der Waals surface area (Å²) in [7, 11) is 0. The van der Waals surface area contributed by atoms with Crippen LogP contribution in [0.15, 0.2) is 36.7 Å². The summed E-state index contributed by atoms with van der Waals surface area (Å²) in [5, 5.41) is 7.89. The minimum absolute atomic E-state index is 0.517. The van der Waals surface area contributed by atoms with Crippen LogP contribution in [-0.2, 0) is 13.1 Å². The third-order valence-corrected chi connectivity index (χ3v) is 3.57. The molecule has 114 valence electrons. The van der Waals surface area contributed by atoms with Crippen LogP contribution in [0.3, 0.4) is 0 Å². The predicted molar refractivity (Wildman–Crippen MR) is 89.1 cm³/mol. The molecule has 0 radical (unpaired) electrons. The van der Waals surface area contributed by atoms with Gasteiger partial charge in [0.05, 0.1) is 6.20 Å². The average Bonchev–Trinajstić information content (AvgIpc) is 2.92. The van der Waals surface area contributed by atoms with Gasteiger partial charge in [-0.1, -0.05) is 52.0 Å². The van der Waals surface area contributed by atoms with E-state index in [9.17, 15) is 0 Å². The van der Waals surface area contributed by atoms with Crippen LogP contribution in [0.25, 0.3) is 11.1 Å². The van der Waals surface area contributed by atoms with Gasteiger partial charge in [0.15, 0.2) is 0 Å². The van der Waals surface area contributed by atoms with Crippen molar-refractivity contribution in [3.8, 4) is 11.1 Å². The Morgan fingerprint density at radius 3 is 2.38 bits per heavy atom. The van der Waals surface area contributed by atoms with E-state index >= 15 is 0 Å². The minimum atomic E-state index is 0.517. The fraction of sp³-hybridized carbons (Fsp3) is 0.500. The second-order valence-electron chi connectivity index (χ2n) is 6.41. The van der Waals surface area contributed by atoms with E-state index in [1.807, 2.05) is 10.9 Å². The summed E-state index contributed by atoms with van der Waals surface area (Å²) in [5.41, 5.74) is 3.75. The Morgan fingerprint density at radius 2 is 1.76 bits per heavy atom. The summed E-state index contributed by atoms with van der Waals surface area (Å²) < 4.78 is 2.05. The molecule has 0 fully saturated rings. The maximum absolute atomic E-state index is 4.45. The monoisotopic (exact) mass is 285 g/mol. The molecule has 0 aliphatic rings. The molecule has 3 nitrogen and oxygen atoms in total. The number of rotatable bonds is 7. The molecular formula is C18H27N3. The lowest BCUT2D eigenvalue weighted by atomic mass is 10.1. The quantitative estimate of drug-likeness (QED) is 0.830. The zero-order chi connectivity index (χ0) is 15.2. The molecule has 21 heavy (non-hydrogen) atoms. The third-order valence-electron chi connectivity index (χ3n) is 3.57. The Morgan fingerprint density at radius 1 is 1.05 bits per heavy atom. The summed E-state index contributed by atoms with van der Waals surface area (Å²) in [6.45, 7) is 10.7. The molecule has 2 aromatic rings. The van der Waals surface area contributed by atoms with Gasteiger partial charge < -0.3 is 5.32 Å². The van der Waals surface area contributed by atoms with Crippen molar-refractivity contribution in [2.24, 2.45) is 5.92 Å². The van der Waals surface area contributed by atoms with Crippen LogP contribution in [0.5, 0.6) is 0 Å². The minimum Gasteiger partial charge on any atom is -0.310 e. The number of nitrogens with one attached hydrogen (secondary N) is 1. The number of nitrogens with zero attached hydrogens (tertiary/aromatic N) is 2. The van der Waals surface area contributed by atoms with E-state index in [2.05, 4.69) is 68.6 Å². The number of benzene rings is 1. The summed E-state index contributed by atoms with van der Waals surface area (Å²) in [6, 6.07) is 9.26. The fourth-order valence-electron chi connectivity index (χ4n) is 2.16. The zero-order valence-corrected chi connectivity index (χ0v) is 13.6. The van der Waals surface area contributed by atoms with Crippen LogP contribution in [0.4, 0.5) is 0 Å². The molecule has 0 saturated heterocycles. The smallest absolute Gasteiger partial charge is 0.0568 e. The van der Waals surface area contributed by atoms with Crippen molar-refractivity contribution in [3.63, 3.8) is 0 Å². The second-order valence-corrected chi connectivity index (χ2v) is 6.41. The molecule has 3 heteroatoms. The fourth-order valence-corrected chi connectivity index (χ4v) is 2.16. The van der Waals surface area contributed by atoms with Crippen LogP contribution in [0, 0.1) is 5.92 Å². The Kier molecular flexibility index (Phi) is 5.57. The van der Waals surface area contributed by atoms with Crippen molar-refractivity contribution in [3.05, 3.63) is 42.2 Å². The van der Waals surface area contributed by atoms with Gasteiger partial charge in [-0.15, -0.1) is 0 Å². The highest BCUT2D eigenvalue weighted by Crippen LogP contribution is 2.19. The standard InChI is InChI=1S/C18H27N3/c1-14(2)9-10-21-13-18(12-20-21)17-7-5-16(6-8-17)11-19-15(3)4/h5-8,12-15,19H,9-11H2,1-4H3. The highest BCUT2D eigenvalue weighted by atomic mass is 15.3. The lowest BCUT2D eigenvalue weighted by Gasteiger charge is -2.08. The lowest BCUT2D eigenvalue weighted by molar-refractivity contribution is 0.487. The zero-order valence-electron chi connectivity index (χ0n) is 13.6. The van der Waals surface area contributed by atoms with E-state index in [1.165, 1.54) is 23.1 Å². The van der Waals surface area contributed by atoms with Crippen molar-refractivity contribution in [1.82, 2.24) is 15.1 Å². The molecule has 0 spiro atoms. The van der Waals surface area contributed by atoms with Crippen LogP contribution in [-0.4, -0.2) is 15.8 Å². The van der Waals surface area contributed by atoms with Gasteiger partial charge in [0.25, 0.3) is 0 Å². The molecule has 1 N–H and O–H groups in total. The number of aromatic nitrogens is 2. The molecule has 0 atom stereocenters. The first-order valence-corrected chi connectivity index (χ1v) is 7.89. The van der Waals surface area contributed by atoms with E-state index in [-0.39, 0.29) is 0 Å². The van der Waals surface area contributed by atoms with Gasteiger partial charge in [0.1, 0.15) is 0 Å². The third kappa shape index (κ3) is 5.01. The van der Waals surface area contributed by atoms with Gasteiger partial charge in [-0.3, -0.25) is 4.68 Å². The van der Waals surface area contributed by atoms with Crippen molar-refractivity contribution in [2.75, 3.05) is 0 Å². The molecule has 0 saturated carbocycles. The predicted octanol–water partition coefficient (Wildman–Crippen LogP) is 4.09. The number of hydrogen-bond donors (Lipinski definition) is 1. The maximum Gasteiger partial charge on any atom is 0.0568 e. The molecule has 1 heterocycles. The Labute approximate surface area is 128 Å². The van der Waals surface area contributed by atoms with Crippen molar-refractivity contribution < 1.29 is 0 Å². The molecule has 0 aliphatic carbocycles. The Hall–Kier alpha value is -1.61. The SMILES string of the molecule is CC(C)CCn1cc(-c2ccc(CNC(C)C)cc2)cn1. The number of aryl methyl sites for hydroxylation is 1. The molecule has 1 aromatic carbocycles. The highest BCUT2D eigenvalue weighted by Gasteiger charge is 2.03. The second kappa shape index (κ2) is 7.41. The maximum atomic E-state index is 4.45. The first kappa shape index (κ1) is 15.8. The topological polar surface area (TPSA) is 29.9 Å². The summed E-state index contributed by atoms with van der Waals surface area (Å²) in [5.74, 6) is 0.713. The number of hydrogen-bond acceptors (Lipinski definition) is 2. The average molecular weight is 285 g/mol. The van der Waals surface area contributed by atoms with Crippen molar-refractivity contribution >= 4 is 0 Å². The Balaban J connectivity index is 1.98. The van der Waals surface area contributed by atoms with Gasteiger partial charge >= 0.3 is 0 Å². The van der Waals surface area contributed by atoms with Gasteiger partial charge in [0.2, 0.25) is 0 Å². The molecule has 0 amide bonds. The van der Waals surface area contributed by atoms with Gasteiger partial charge in [-0.2, -0.15) is 5.10 Å². The molecule has 2 rings (SSSR count). The van der Waals surface area contributed by atoms with Crippen LogP contribution in [0.2, 0.25) is 0 Å². The molecule has 0 unspecified atom stereocenters. The normalized spacial score (nSPS) is 11.5. The lowest BCUT2D eigenvalue weighted by Crippen LogP contribution is -2.21. The van der Waals surface area contributed by atoms with E-state index < -0.39 is 0 Å². The van der Waals surface area contributed by atoms with Crippen molar-refractivity contribution in [2.45, 2.75) is 53.2 Å². The van der Waals surface area contributed by atoms with Crippen LogP contribution < -0.4 is 5.32 Å². The van der Waals surface area contributed by atoms with E-state index in [1.54, 1.807) is 0 Å². The summed E-state index contributed by atoms with van der Waals surface area (Å²) in [4.78, 5) is 0. The first-order chi connectivity index (χ1) is 10.0. The summed E-state index contributed by atoms with van der Waals surface area (Å²) in [6.07, 6.45) is 5.27. The van der Waals surface area contributed by atoms with Gasteiger partial charge in [-0.05, 0) is 23.5 Å². The molecule has 0 aliphatic heterocycles. The van der Waals surface area contributed by atoms with E-state index in [4.69, 9.17) is 0 Å². The van der Waals surface area contributed by atoms with Gasteiger partial charge in [-0.25, -0.2) is 0 Å². The first-order valence-electron chi connectivity index (χ1n) is 7.89. The largest absolute Gasteiger partial charge is 0.310 e.